The van der Waals surface area contributed by atoms with E-state index < -0.39 is 0 Å². The van der Waals surface area contributed by atoms with Gasteiger partial charge in [-0.3, -0.25) is 0 Å². The van der Waals surface area contributed by atoms with Gasteiger partial charge in [-0.1, -0.05) is 42.5 Å². The predicted molar refractivity (Wildman–Crippen MR) is 66.3 cm³/mol. The third kappa shape index (κ3) is 2.28. The summed E-state index contributed by atoms with van der Waals surface area (Å²) in [5.74, 6) is -0.0684. The number of benzene rings is 2. The van der Waals surface area contributed by atoms with Crippen LogP contribution in [-0.4, -0.2) is 12.8 Å². The van der Waals surface area contributed by atoms with E-state index in [1.54, 1.807) is 0 Å². The van der Waals surface area contributed by atoms with E-state index in [9.17, 15) is 4.79 Å². The summed E-state index contributed by atoms with van der Waals surface area (Å²) in [4.78, 5) is 10.7. The first-order valence-corrected chi connectivity index (χ1v) is 5.46. The number of fused-ring (bicyclic) bond motifs is 1. The summed E-state index contributed by atoms with van der Waals surface area (Å²) in [6, 6.07) is 14.5. The van der Waals surface area contributed by atoms with Crippen LogP contribution in [0.15, 0.2) is 42.5 Å². The van der Waals surface area contributed by atoms with E-state index in [0.717, 1.165) is 12.7 Å². The van der Waals surface area contributed by atoms with Crippen LogP contribution < -0.4 is 5.73 Å². The second-order valence-corrected chi connectivity index (χ2v) is 4.02. The van der Waals surface area contributed by atoms with Gasteiger partial charge < -0.3 is 10.5 Å². The molecular weight excluding hydrogens is 198 g/mol. The second kappa shape index (κ2) is 4.90. The highest BCUT2D eigenvalue weighted by atomic mass is 16.1. The number of hydrogen-bond donors (Lipinski definition) is 1. The molecule has 2 aromatic carbocycles. The maximum absolute atomic E-state index is 10.7. The van der Waals surface area contributed by atoms with Gasteiger partial charge in [0.05, 0.1) is 0 Å². The Bertz CT molecular complexity index is 493. The zero-order chi connectivity index (χ0) is 11.4. The molecule has 2 rings (SSSR count). The van der Waals surface area contributed by atoms with E-state index in [2.05, 4.69) is 30.3 Å². The van der Waals surface area contributed by atoms with Crippen molar-refractivity contribution >= 4 is 17.1 Å². The Morgan fingerprint density at radius 3 is 2.56 bits per heavy atom. The monoisotopic (exact) mass is 213 g/mol. The maximum atomic E-state index is 10.7. The molecule has 2 aromatic rings. The zero-order valence-electron chi connectivity index (χ0n) is 9.10. The summed E-state index contributed by atoms with van der Waals surface area (Å²) >= 11 is 0. The lowest BCUT2D eigenvalue weighted by atomic mass is 9.98. The van der Waals surface area contributed by atoms with Crippen LogP contribution in [0.4, 0.5) is 0 Å². The van der Waals surface area contributed by atoms with E-state index in [0.29, 0.717) is 6.54 Å². The summed E-state index contributed by atoms with van der Waals surface area (Å²) in [5.41, 5.74) is 6.68. The van der Waals surface area contributed by atoms with Crippen molar-refractivity contribution in [2.24, 2.45) is 11.7 Å². The molecule has 0 aliphatic carbocycles. The molecule has 0 bridgehead atoms. The van der Waals surface area contributed by atoms with Crippen molar-refractivity contribution in [2.75, 3.05) is 6.54 Å². The minimum atomic E-state index is -0.0684. The molecule has 0 amide bonds. The molecule has 0 heterocycles. The highest BCUT2D eigenvalue weighted by Gasteiger charge is 2.06. The average Bonchev–Trinajstić information content (AvgIpc) is 2.35. The standard InChI is InChI=1S/C14H15NO/c15-9-12(10-16)7-11-5-6-13-3-1-2-4-14(13)8-11/h1-6,8,10,12H,7,9,15H2. The smallest absolute Gasteiger partial charge is 0.124 e. The molecule has 2 N–H and O–H groups in total. The van der Waals surface area contributed by atoms with E-state index in [1.165, 1.54) is 16.3 Å². The Morgan fingerprint density at radius 2 is 1.88 bits per heavy atom. The molecule has 0 saturated heterocycles. The summed E-state index contributed by atoms with van der Waals surface area (Å²) < 4.78 is 0. The lowest BCUT2D eigenvalue weighted by molar-refractivity contribution is -0.110. The van der Waals surface area contributed by atoms with Crippen molar-refractivity contribution in [2.45, 2.75) is 6.42 Å². The topological polar surface area (TPSA) is 43.1 Å². The molecule has 0 aliphatic heterocycles. The van der Waals surface area contributed by atoms with Gasteiger partial charge in [-0.05, 0) is 22.8 Å². The Balaban J connectivity index is 2.28. The summed E-state index contributed by atoms with van der Waals surface area (Å²) in [5, 5.41) is 2.43. The number of aldehydes is 1. The number of carbonyl (C=O) groups is 1. The number of rotatable bonds is 4. The Kier molecular flexibility index (Phi) is 3.32. The van der Waals surface area contributed by atoms with E-state index in [1.807, 2.05) is 12.1 Å². The predicted octanol–water partition coefficient (Wildman–Crippen LogP) is 2.16. The first-order valence-electron chi connectivity index (χ1n) is 5.46. The molecule has 0 radical (unpaired) electrons. The van der Waals surface area contributed by atoms with Gasteiger partial charge in [-0.25, -0.2) is 0 Å². The lowest BCUT2D eigenvalue weighted by Crippen LogP contribution is -2.17. The summed E-state index contributed by atoms with van der Waals surface area (Å²) in [6.07, 6.45) is 1.67. The molecule has 0 saturated carbocycles. The fraction of sp³-hybridized carbons (Fsp3) is 0.214. The molecule has 0 spiro atoms. The highest BCUT2D eigenvalue weighted by Crippen LogP contribution is 2.17. The van der Waals surface area contributed by atoms with Crippen LogP contribution in [0.25, 0.3) is 10.8 Å². The molecule has 16 heavy (non-hydrogen) atoms. The van der Waals surface area contributed by atoms with Gasteiger partial charge in [-0.15, -0.1) is 0 Å². The molecule has 1 unspecified atom stereocenters. The van der Waals surface area contributed by atoms with Crippen LogP contribution >= 0.6 is 0 Å². The van der Waals surface area contributed by atoms with Crippen molar-refractivity contribution in [1.29, 1.82) is 0 Å². The van der Waals surface area contributed by atoms with E-state index in [-0.39, 0.29) is 5.92 Å². The van der Waals surface area contributed by atoms with Crippen LogP contribution in [-0.2, 0) is 11.2 Å². The van der Waals surface area contributed by atoms with Crippen LogP contribution in [0.5, 0.6) is 0 Å². The Hall–Kier alpha value is -1.67. The number of hydrogen-bond acceptors (Lipinski definition) is 2. The number of carbonyl (C=O) groups excluding carboxylic acids is 1. The fourth-order valence-corrected chi connectivity index (χ4v) is 1.86. The van der Waals surface area contributed by atoms with Crippen molar-refractivity contribution < 1.29 is 4.79 Å². The van der Waals surface area contributed by atoms with Crippen LogP contribution in [0.3, 0.4) is 0 Å². The maximum Gasteiger partial charge on any atom is 0.124 e. The molecule has 0 fully saturated rings. The quantitative estimate of drug-likeness (QED) is 0.791. The van der Waals surface area contributed by atoms with Gasteiger partial charge in [0.15, 0.2) is 0 Å². The first kappa shape index (κ1) is 10.8. The first-order chi connectivity index (χ1) is 7.83. The van der Waals surface area contributed by atoms with Crippen molar-refractivity contribution in [1.82, 2.24) is 0 Å². The highest BCUT2D eigenvalue weighted by molar-refractivity contribution is 5.83. The molecule has 82 valence electrons. The van der Waals surface area contributed by atoms with Crippen molar-refractivity contribution in [3.05, 3.63) is 48.0 Å². The minimum Gasteiger partial charge on any atom is -0.330 e. The SMILES string of the molecule is NCC(C=O)Cc1ccc2ccccc2c1. The molecule has 2 heteroatoms. The summed E-state index contributed by atoms with van der Waals surface area (Å²) in [6.45, 7) is 0.413. The van der Waals surface area contributed by atoms with E-state index in [4.69, 9.17) is 5.73 Å². The van der Waals surface area contributed by atoms with Crippen molar-refractivity contribution in [3.63, 3.8) is 0 Å². The molecule has 2 nitrogen and oxygen atoms in total. The van der Waals surface area contributed by atoms with Gasteiger partial charge in [0.1, 0.15) is 6.29 Å². The second-order valence-electron chi connectivity index (χ2n) is 4.02. The Morgan fingerprint density at radius 1 is 1.12 bits per heavy atom. The third-order valence-corrected chi connectivity index (χ3v) is 2.81. The molecule has 0 aromatic heterocycles. The van der Waals surface area contributed by atoms with E-state index >= 15 is 0 Å². The molecule has 1 atom stereocenters. The zero-order valence-corrected chi connectivity index (χ0v) is 9.10. The lowest BCUT2D eigenvalue weighted by Gasteiger charge is -2.08. The normalized spacial score (nSPS) is 12.6. The van der Waals surface area contributed by atoms with Gasteiger partial charge in [0, 0.05) is 12.5 Å². The van der Waals surface area contributed by atoms with Gasteiger partial charge in [0.25, 0.3) is 0 Å². The number of nitrogens with two attached hydrogens (primary N) is 1. The third-order valence-electron chi connectivity index (χ3n) is 2.81. The van der Waals surface area contributed by atoms with Gasteiger partial charge >= 0.3 is 0 Å². The van der Waals surface area contributed by atoms with Crippen LogP contribution in [0.1, 0.15) is 5.56 Å². The van der Waals surface area contributed by atoms with Crippen LogP contribution in [0, 0.1) is 5.92 Å². The molecular formula is C14H15NO. The largest absolute Gasteiger partial charge is 0.330 e. The average molecular weight is 213 g/mol. The molecule has 0 aliphatic rings. The van der Waals surface area contributed by atoms with Gasteiger partial charge in [-0.2, -0.15) is 0 Å². The van der Waals surface area contributed by atoms with Gasteiger partial charge in [0.2, 0.25) is 0 Å². The summed E-state index contributed by atoms with van der Waals surface area (Å²) in [7, 11) is 0. The van der Waals surface area contributed by atoms with Crippen LogP contribution in [0.2, 0.25) is 0 Å². The van der Waals surface area contributed by atoms with Crippen molar-refractivity contribution in [3.8, 4) is 0 Å². The Labute approximate surface area is 95.1 Å². The minimum absolute atomic E-state index is 0.0684. The fourth-order valence-electron chi connectivity index (χ4n) is 1.86.